The average molecular weight is 506 g/mol. The highest BCUT2D eigenvalue weighted by atomic mass is 31.3. The van der Waals surface area contributed by atoms with Crippen molar-refractivity contribution < 1.29 is 51.2 Å². The number of nitrogens with one attached hydrogen (secondary N) is 1. The van der Waals surface area contributed by atoms with Crippen molar-refractivity contribution in [1.82, 2.24) is 9.55 Å². The SMILES string of the molecule is Cc1cn([C@H]2C[C@H](CCN)[C@@H](COP(=O)([O-])OP(=O)([O-])OP(=O)([O-])O)O2)c(=O)[nH]c1=O. The van der Waals surface area contributed by atoms with E-state index in [1.807, 2.05) is 0 Å². The highest BCUT2D eigenvalue weighted by molar-refractivity contribution is 7.65. The van der Waals surface area contributed by atoms with Gasteiger partial charge in [0.15, 0.2) is 0 Å². The molecular weight excluding hydrogens is 487 g/mol. The number of H-pyrrole nitrogens is 1. The lowest BCUT2D eigenvalue weighted by Crippen LogP contribution is -2.33. The third-order valence-electron chi connectivity index (χ3n) is 4.16. The Morgan fingerprint density at radius 1 is 1.26 bits per heavy atom. The van der Waals surface area contributed by atoms with Crippen LogP contribution in [0, 0.1) is 12.8 Å². The zero-order valence-electron chi connectivity index (χ0n) is 15.9. The zero-order valence-corrected chi connectivity index (χ0v) is 18.5. The number of aryl methyl sites for hydroxylation is 1. The van der Waals surface area contributed by atoms with Crippen molar-refractivity contribution in [2.24, 2.45) is 11.7 Å². The summed E-state index contributed by atoms with van der Waals surface area (Å²) in [5, 5.41) is 0. The van der Waals surface area contributed by atoms with Gasteiger partial charge in [0.25, 0.3) is 29.0 Å². The number of phosphoric acid groups is 3. The third kappa shape index (κ3) is 7.82. The van der Waals surface area contributed by atoms with E-state index in [0.29, 0.717) is 6.42 Å². The largest absolute Gasteiger partial charge is 0.756 e. The Morgan fingerprint density at radius 2 is 1.90 bits per heavy atom. The standard InChI is InChI=1S/C12H22N3O13P3/c1-7-5-15(12(17)14-11(7)16)10-4-8(2-3-13)9(26-10)6-25-30(21,22)28-31(23,24)27-29(18,19)20/h5,8-10H,2-4,6,13H2,1H3,(H,21,22)(H,23,24)(H,14,16,17)(H2,18,19,20)/p-3/t8-,9+,10+/m0/s1. The molecule has 31 heavy (non-hydrogen) atoms. The van der Waals surface area contributed by atoms with Gasteiger partial charge in [-0.25, -0.2) is 13.4 Å². The number of nitrogens with two attached hydrogens (primary N) is 1. The van der Waals surface area contributed by atoms with Crippen LogP contribution in [-0.4, -0.2) is 33.7 Å². The molecule has 178 valence electrons. The van der Waals surface area contributed by atoms with Crippen LogP contribution in [0.15, 0.2) is 15.8 Å². The Bertz CT molecular complexity index is 1050. The van der Waals surface area contributed by atoms with Crippen molar-refractivity contribution in [2.75, 3.05) is 13.2 Å². The van der Waals surface area contributed by atoms with Crippen molar-refractivity contribution in [3.63, 3.8) is 0 Å². The fourth-order valence-corrected chi connectivity index (χ4v) is 5.80. The molecule has 0 saturated carbocycles. The van der Waals surface area contributed by atoms with Gasteiger partial charge in [-0.3, -0.25) is 28.0 Å². The number of rotatable bonds is 10. The summed E-state index contributed by atoms with van der Waals surface area (Å²) >= 11 is 0. The molecular formula is C12H19N3O13P3-3. The second-order valence-corrected chi connectivity index (χ2v) is 10.8. The van der Waals surface area contributed by atoms with Crippen LogP contribution in [0.5, 0.6) is 0 Å². The summed E-state index contributed by atoms with van der Waals surface area (Å²) in [6.07, 6.45) is -0.132. The summed E-state index contributed by atoms with van der Waals surface area (Å²) in [4.78, 5) is 67.4. The highest BCUT2D eigenvalue weighted by Crippen LogP contribution is 2.61. The van der Waals surface area contributed by atoms with Crippen molar-refractivity contribution in [3.05, 3.63) is 32.6 Å². The van der Waals surface area contributed by atoms with Gasteiger partial charge in [-0.15, -0.1) is 0 Å². The summed E-state index contributed by atoms with van der Waals surface area (Å²) in [5.74, 6) is -0.427. The summed E-state index contributed by atoms with van der Waals surface area (Å²) in [6, 6.07) is 0. The van der Waals surface area contributed by atoms with Gasteiger partial charge in [0.05, 0.1) is 12.7 Å². The summed E-state index contributed by atoms with van der Waals surface area (Å²) in [6.45, 7) is 0.859. The molecule has 1 aromatic heterocycles. The molecule has 0 amide bonds. The Hall–Kier alpha value is -0.990. The topological polar surface area (TPSA) is 258 Å². The summed E-state index contributed by atoms with van der Waals surface area (Å²) in [5.41, 5.74) is 4.40. The van der Waals surface area contributed by atoms with Gasteiger partial charge in [0.1, 0.15) is 6.23 Å². The number of aromatic amines is 1. The predicted octanol–water partition coefficient (Wildman–Crippen LogP) is -2.46. The van der Waals surface area contributed by atoms with Gasteiger partial charge in [0.2, 0.25) is 0 Å². The van der Waals surface area contributed by atoms with E-state index in [9.17, 15) is 38.0 Å². The maximum atomic E-state index is 12.0. The van der Waals surface area contributed by atoms with Crippen molar-refractivity contribution in [1.29, 1.82) is 0 Å². The van der Waals surface area contributed by atoms with Crippen LogP contribution >= 0.6 is 23.5 Å². The van der Waals surface area contributed by atoms with Crippen LogP contribution in [0.4, 0.5) is 0 Å². The molecule has 2 rings (SSSR count). The molecule has 19 heteroatoms. The van der Waals surface area contributed by atoms with E-state index in [0.717, 1.165) is 4.57 Å². The van der Waals surface area contributed by atoms with Crippen LogP contribution in [-0.2, 0) is 31.6 Å². The fourth-order valence-electron chi connectivity index (χ4n) is 2.90. The number of phosphoric ester groups is 1. The van der Waals surface area contributed by atoms with Gasteiger partial charge >= 0.3 is 5.69 Å². The number of nitrogens with zero attached hydrogens (tertiary/aromatic N) is 1. The fraction of sp³-hybridized carbons (Fsp3) is 0.667. The highest BCUT2D eigenvalue weighted by Gasteiger charge is 2.37. The van der Waals surface area contributed by atoms with Crippen LogP contribution in [0.25, 0.3) is 0 Å². The first-order chi connectivity index (χ1) is 14.1. The molecule has 1 aromatic rings. The predicted molar refractivity (Wildman–Crippen MR) is 94.9 cm³/mol. The van der Waals surface area contributed by atoms with E-state index in [4.69, 9.17) is 15.4 Å². The van der Waals surface area contributed by atoms with Crippen LogP contribution < -0.4 is 31.7 Å². The summed E-state index contributed by atoms with van der Waals surface area (Å²) < 4.78 is 51.3. The quantitative estimate of drug-likeness (QED) is 0.278. The van der Waals surface area contributed by atoms with E-state index >= 15 is 0 Å². The maximum Gasteiger partial charge on any atom is 0.330 e. The van der Waals surface area contributed by atoms with Crippen LogP contribution in [0.3, 0.4) is 0 Å². The number of ether oxygens (including phenoxy) is 1. The Morgan fingerprint density at radius 3 is 2.48 bits per heavy atom. The molecule has 4 N–H and O–H groups in total. The molecule has 6 atom stereocenters. The summed E-state index contributed by atoms with van der Waals surface area (Å²) in [7, 11) is -17.5. The first-order valence-electron chi connectivity index (χ1n) is 8.53. The lowest BCUT2D eigenvalue weighted by Gasteiger charge is -2.33. The van der Waals surface area contributed by atoms with Crippen LogP contribution in [0.2, 0.25) is 0 Å². The van der Waals surface area contributed by atoms with Gasteiger partial charge in [-0.2, -0.15) is 0 Å². The molecule has 1 fully saturated rings. The molecule has 0 bridgehead atoms. The normalized spacial score (nSPS) is 27.4. The molecule has 0 spiro atoms. The van der Waals surface area contributed by atoms with Crippen molar-refractivity contribution in [3.8, 4) is 0 Å². The minimum Gasteiger partial charge on any atom is -0.756 e. The minimum absolute atomic E-state index is 0.168. The smallest absolute Gasteiger partial charge is 0.330 e. The second kappa shape index (κ2) is 9.87. The Labute approximate surface area is 174 Å². The zero-order chi connectivity index (χ0) is 23.6. The lowest BCUT2D eigenvalue weighted by atomic mass is 9.97. The van der Waals surface area contributed by atoms with Gasteiger partial charge in [-0.05, 0) is 32.2 Å². The lowest BCUT2D eigenvalue weighted by molar-refractivity contribution is -0.250. The third-order valence-corrected chi connectivity index (χ3v) is 7.85. The van der Waals surface area contributed by atoms with Gasteiger partial charge < -0.3 is 34.6 Å². The van der Waals surface area contributed by atoms with Crippen molar-refractivity contribution in [2.45, 2.75) is 32.1 Å². The van der Waals surface area contributed by atoms with E-state index in [1.54, 1.807) is 0 Å². The maximum absolute atomic E-state index is 12.0. The van der Waals surface area contributed by atoms with E-state index in [2.05, 4.69) is 18.1 Å². The Balaban J connectivity index is 2.11. The van der Waals surface area contributed by atoms with E-state index < -0.39 is 59.6 Å². The van der Waals surface area contributed by atoms with Crippen molar-refractivity contribution >= 4 is 23.5 Å². The molecule has 3 unspecified atom stereocenters. The molecule has 0 aliphatic carbocycles. The molecule has 2 heterocycles. The van der Waals surface area contributed by atoms with E-state index in [-0.39, 0.29) is 18.5 Å². The molecule has 1 aliphatic heterocycles. The number of aromatic nitrogens is 2. The van der Waals surface area contributed by atoms with Gasteiger partial charge in [0, 0.05) is 11.8 Å². The number of hydrogen-bond donors (Lipinski definition) is 3. The average Bonchev–Trinajstić information content (AvgIpc) is 2.96. The number of hydrogen-bond acceptors (Lipinski definition) is 13. The molecule has 1 saturated heterocycles. The first-order valence-corrected chi connectivity index (χ1v) is 12.9. The van der Waals surface area contributed by atoms with Gasteiger partial charge in [-0.1, -0.05) is 0 Å². The van der Waals surface area contributed by atoms with Crippen LogP contribution in [0.1, 0.15) is 24.6 Å². The Kier molecular flexibility index (Phi) is 8.37. The first kappa shape index (κ1) is 26.3. The second-order valence-electron chi connectivity index (χ2n) is 6.50. The van der Waals surface area contributed by atoms with E-state index in [1.165, 1.54) is 13.1 Å². The molecule has 16 nitrogen and oxygen atoms in total. The molecule has 1 aliphatic rings. The monoisotopic (exact) mass is 506 g/mol. The molecule has 0 aromatic carbocycles. The molecule has 0 radical (unpaired) electrons. The minimum atomic E-state index is -6.02.